The Balaban J connectivity index is 2.17. The molecule has 1 atom stereocenters. The van der Waals surface area contributed by atoms with Crippen molar-refractivity contribution in [2.45, 2.75) is 19.9 Å². The molecule has 4 nitrogen and oxygen atoms in total. The monoisotopic (exact) mass is 256 g/mol. The van der Waals surface area contributed by atoms with Crippen LogP contribution in [0.3, 0.4) is 0 Å². The topological polar surface area (TPSA) is 57.2 Å². The quantitative estimate of drug-likeness (QED) is 0.845. The number of carbonyl (C=O) groups is 1. The number of nitriles is 1. The molecule has 0 aliphatic rings. The number of hydrogen-bond acceptors (Lipinski definition) is 3. The SMILES string of the molecule is CCC(C#N)C(=O)N(C)Cc1coc2ccccc12. The molecule has 0 fully saturated rings. The van der Waals surface area contributed by atoms with E-state index in [9.17, 15) is 4.79 Å². The van der Waals surface area contributed by atoms with Gasteiger partial charge in [-0.3, -0.25) is 4.79 Å². The predicted molar refractivity (Wildman–Crippen MR) is 72.1 cm³/mol. The predicted octanol–water partition coefficient (Wildman–Crippen LogP) is 2.94. The van der Waals surface area contributed by atoms with Crippen LogP contribution in [0, 0.1) is 17.2 Å². The van der Waals surface area contributed by atoms with E-state index in [-0.39, 0.29) is 5.91 Å². The third kappa shape index (κ3) is 2.60. The number of carbonyl (C=O) groups excluding carboxylic acids is 1. The molecule has 0 saturated carbocycles. The fraction of sp³-hybridized carbons (Fsp3) is 0.333. The Morgan fingerprint density at radius 3 is 2.89 bits per heavy atom. The van der Waals surface area contributed by atoms with Gasteiger partial charge in [-0.2, -0.15) is 5.26 Å². The van der Waals surface area contributed by atoms with Crippen LogP contribution in [0.15, 0.2) is 34.9 Å². The van der Waals surface area contributed by atoms with E-state index in [1.54, 1.807) is 18.2 Å². The van der Waals surface area contributed by atoms with Crippen LogP contribution in [-0.2, 0) is 11.3 Å². The number of rotatable bonds is 4. The minimum atomic E-state index is -0.567. The van der Waals surface area contributed by atoms with Crippen molar-refractivity contribution in [3.8, 4) is 6.07 Å². The summed E-state index contributed by atoms with van der Waals surface area (Å²) in [5.41, 5.74) is 1.77. The van der Waals surface area contributed by atoms with Crippen molar-refractivity contribution in [2.75, 3.05) is 7.05 Å². The summed E-state index contributed by atoms with van der Waals surface area (Å²) in [4.78, 5) is 13.6. The smallest absolute Gasteiger partial charge is 0.239 e. The lowest BCUT2D eigenvalue weighted by molar-refractivity contribution is -0.133. The summed E-state index contributed by atoms with van der Waals surface area (Å²) in [5, 5.41) is 9.93. The highest BCUT2D eigenvalue weighted by Gasteiger charge is 2.20. The van der Waals surface area contributed by atoms with Crippen molar-refractivity contribution in [2.24, 2.45) is 5.92 Å². The van der Waals surface area contributed by atoms with E-state index in [4.69, 9.17) is 9.68 Å². The molecule has 1 aromatic heterocycles. The van der Waals surface area contributed by atoms with Gasteiger partial charge in [-0.15, -0.1) is 0 Å². The zero-order valence-corrected chi connectivity index (χ0v) is 11.1. The maximum atomic E-state index is 12.0. The van der Waals surface area contributed by atoms with E-state index in [2.05, 4.69) is 0 Å². The van der Waals surface area contributed by atoms with Gasteiger partial charge in [0.25, 0.3) is 0 Å². The standard InChI is InChI=1S/C15H16N2O2/c1-3-11(8-16)15(18)17(2)9-12-10-19-14-7-5-4-6-13(12)14/h4-7,10-11H,3,9H2,1-2H3. The summed E-state index contributed by atoms with van der Waals surface area (Å²) in [5.74, 6) is -0.710. The molecule has 0 bridgehead atoms. The summed E-state index contributed by atoms with van der Waals surface area (Å²) in [6.45, 7) is 2.29. The lowest BCUT2D eigenvalue weighted by atomic mass is 10.1. The highest BCUT2D eigenvalue weighted by Crippen LogP contribution is 2.22. The van der Waals surface area contributed by atoms with Crippen LogP contribution in [0.5, 0.6) is 0 Å². The molecule has 2 aromatic rings. The Morgan fingerprint density at radius 1 is 1.47 bits per heavy atom. The number of hydrogen-bond donors (Lipinski definition) is 0. The lowest BCUT2D eigenvalue weighted by Gasteiger charge is -2.18. The first-order valence-corrected chi connectivity index (χ1v) is 6.27. The fourth-order valence-corrected chi connectivity index (χ4v) is 2.08. The Hall–Kier alpha value is -2.28. The number of nitrogens with zero attached hydrogens (tertiary/aromatic N) is 2. The molecule has 19 heavy (non-hydrogen) atoms. The largest absolute Gasteiger partial charge is 0.464 e. The average molecular weight is 256 g/mol. The van der Waals surface area contributed by atoms with Gasteiger partial charge in [-0.1, -0.05) is 25.1 Å². The van der Waals surface area contributed by atoms with E-state index >= 15 is 0 Å². The van der Waals surface area contributed by atoms with E-state index < -0.39 is 5.92 Å². The van der Waals surface area contributed by atoms with Gasteiger partial charge in [0.1, 0.15) is 11.5 Å². The Bertz CT molecular complexity index is 624. The first-order chi connectivity index (χ1) is 9.17. The number of furan rings is 1. The lowest BCUT2D eigenvalue weighted by Crippen LogP contribution is -2.31. The van der Waals surface area contributed by atoms with Crippen molar-refractivity contribution < 1.29 is 9.21 Å². The molecule has 1 amide bonds. The zero-order valence-electron chi connectivity index (χ0n) is 11.1. The van der Waals surface area contributed by atoms with Crippen molar-refractivity contribution in [3.05, 3.63) is 36.1 Å². The molecule has 1 heterocycles. The summed E-state index contributed by atoms with van der Waals surface area (Å²) in [6.07, 6.45) is 2.20. The van der Waals surface area contributed by atoms with Gasteiger partial charge >= 0.3 is 0 Å². The summed E-state index contributed by atoms with van der Waals surface area (Å²) in [7, 11) is 1.71. The van der Waals surface area contributed by atoms with E-state index in [1.165, 1.54) is 0 Å². The van der Waals surface area contributed by atoms with Crippen molar-refractivity contribution in [3.63, 3.8) is 0 Å². The van der Waals surface area contributed by atoms with Crippen LogP contribution in [0.4, 0.5) is 0 Å². The first-order valence-electron chi connectivity index (χ1n) is 6.27. The van der Waals surface area contributed by atoms with Crippen molar-refractivity contribution >= 4 is 16.9 Å². The number of fused-ring (bicyclic) bond motifs is 1. The van der Waals surface area contributed by atoms with Gasteiger partial charge in [0.15, 0.2) is 0 Å². The van der Waals surface area contributed by atoms with E-state index in [0.717, 1.165) is 16.5 Å². The molecule has 1 aromatic carbocycles. The minimum Gasteiger partial charge on any atom is -0.464 e. The zero-order chi connectivity index (χ0) is 13.8. The highest BCUT2D eigenvalue weighted by molar-refractivity contribution is 5.83. The third-order valence-corrected chi connectivity index (χ3v) is 3.21. The van der Waals surface area contributed by atoms with Crippen molar-refractivity contribution in [1.29, 1.82) is 5.26 Å². The van der Waals surface area contributed by atoms with Crippen LogP contribution in [0.25, 0.3) is 11.0 Å². The van der Waals surface area contributed by atoms with Gasteiger partial charge in [0.2, 0.25) is 5.91 Å². The third-order valence-electron chi connectivity index (χ3n) is 3.21. The van der Waals surface area contributed by atoms with Crippen LogP contribution in [0.2, 0.25) is 0 Å². The molecule has 1 unspecified atom stereocenters. The second-order valence-corrected chi connectivity index (χ2v) is 4.54. The maximum absolute atomic E-state index is 12.0. The molecule has 98 valence electrons. The molecule has 0 N–H and O–H groups in total. The Kier molecular flexibility index (Phi) is 3.86. The number of benzene rings is 1. The normalized spacial score (nSPS) is 12.1. The number of para-hydroxylation sites is 1. The first kappa shape index (κ1) is 13.2. The molecule has 0 aliphatic carbocycles. The average Bonchev–Trinajstić information content (AvgIpc) is 2.83. The fourth-order valence-electron chi connectivity index (χ4n) is 2.08. The molecular weight excluding hydrogens is 240 g/mol. The molecule has 0 spiro atoms. The van der Waals surface area contributed by atoms with Gasteiger partial charge < -0.3 is 9.32 Å². The molecule has 0 radical (unpaired) electrons. The van der Waals surface area contributed by atoms with Crippen LogP contribution in [-0.4, -0.2) is 17.9 Å². The second-order valence-electron chi connectivity index (χ2n) is 4.54. The van der Waals surface area contributed by atoms with Crippen molar-refractivity contribution in [1.82, 2.24) is 4.90 Å². The Labute approximate surface area is 112 Å². The van der Waals surface area contributed by atoms with Crippen LogP contribution in [0.1, 0.15) is 18.9 Å². The second kappa shape index (κ2) is 5.57. The highest BCUT2D eigenvalue weighted by atomic mass is 16.3. The summed E-state index contributed by atoms with van der Waals surface area (Å²) >= 11 is 0. The molecule has 0 saturated heterocycles. The summed E-state index contributed by atoms with van der Waals surface area (Å²) in [6, 6.07) is 9.74. The number of amides is 1. The maximum Gasteiger partial charge on any atom is 0.239 e. The van der Waals surface area contributed by atoms with Crippen LogP contribution >= 0.6 is 0 Å². The van der Waals surface area contributed by atoms with Gasteiger partial charge in [-0.25, -0.2) is 0 Å². The van der Waals surface area contributed by atoms with Gasteiger partial charge in [0, 0.05) is 24.5 Å². The molecule has 2 rings (SSSR count). The minimum absolute atomic E-state index is 0.143. The van der Waals surface area contributed by atoms with E-state index in [0.29, 0.717) is 13.0 Å². The summed E-state index contributed by atoms with van der Waals surface area (Å²) < 4.78 is 5.44. The molecular formula is C15H16N2O2. The van der Waals surface area contributed by atoms with E-state index in [1.807, 2.05) is 37.3 Å². The molecule has 0 aliphatic heterocycles. The van der Waals surface area contributed by atoms with Crippen LogP contribution < -0.4 is 0 Å². The van der Waals surface area contributed by atoms with Gasteiger partial charge in [0.05, 0.1) is 12.3 Å². The Morgan fingerprint density at radius 2 is 2.21 bits per heavy atom. The molecule has 4 heteroatoms. The van der Waals surface area contributed by atoms with Gasteiger partial charge in [-0.05, 0) is 12.5 Å².